The Morgan fingerprint density at radius 2 is 2.42 bits per heavy atom. The first-order chi connectivity index (χ1) is 9.40. The lowest BCUT2D eigenvalue weighted by atomic mass is 10.2. The van der Waals surface area contributed by atoms with E-state index in [1.54, 1.807) is 11.8 Å². The number of hydrogen-bond acceptors (Lipinski definition) is 6. The molecule has 1 aromatic heterocycles. The molecule has 108 valence electrons. The Balaban J connectivity index is 1.66. The molecule has 1 N–H and O–H groups in total. The smallest absolute Gasteiger partial charge is 0.209 e. The molecule has 2 rings (SSSR count). The van der Waals surface area contributed by atoms with Crippen molar-refractivity contribution >= 4 is 11.8 Å². The first-order valence-corrected chi connectivity index (χ1v) is 8.10. The third-order valence-electron chi connectivity index (χ3n) is 3.12. The van der Waals surface area contributed by atoms with E-state index in [1.165, 1.54) is 12.8 Å². The molecule has 1 aliphatic rings. The van der Waals surface area contributed by atoms with Gasteiger partial charge >= 0.3 is 0 Å². The third kappa shape index (κ3) is 5.08. The minimum Gasteiger partial charge on any atom is -0.378 e. The Hall–Kier alpha value is -0.660. The molecule has 0 saturated carbocycles. The van der Waals surface area contributed by atoms with Crippen LogP contribution in [-0.4, -0.2) is 51.8 Å². The van der Waals surface area contributed by atoms with Gasteiger partial charge in [0, 0.05) is 18.9 Å². The summed E-state index contributed by atoms with van der Waals surface area (Å²) < 4.78 is 7.49. The van der Waals surface area contributed by atoms with Crippen LogP contribution in [0.5, 0.6) is 0 Å². The van der Waals surface area contributed by atoms with Crippen LogP contribution in [0, 0.1) is 0 Å². The SMILES string of the molecule is CCCNCCn1nnnc1SCCC1CCCO1. The van der Waals surface area contributed by atoms with E-state index in [0.717, 1.165) is 50.0 Å². The van der Waals surface area contributed by atoms with Gasteiger partial charge in [0.25, 0.3) is 0 Å². The number of hydrogen-bond donors (Lipinski definition) is 1. The number of tetrazole rings is 1. The predicted molar refractivity (Wildman–Crippen MR) is 75.3 cm³/mol. The van der Waals surface area contributed by atoms with Crippen molar-refractivity contribution in [3.05, 3.63) is 0 Å². The molecule has 6 nitrogen and oxygen atoms in total. The largest absolute Gasteiger partial charge is 0.378 e. The molecule has 0 radical (unpaired) electrons. The lowest BCUT2D eigenvalue weighted by molar-refractivity contribution is 0.109. The van der Waals surface area contributed by atoms with E-state index < -0.39 is 0 Å². The van der Waals surface area contributed by atoms with Crippen LogP contribution in [0.1, 0.15) is 32.6 Å². The van der Waals surface area contributed by atoms with Crippen LogP contribution in [0.15, 0.2) is 5.16 Å². The first kappa shape index (κ1) is 14.7. The lowest BCUT2D eigenvalue weighted by Crippen LogP contribution is -2.21. The molecule has 1 unspecified atom stereocenters. The number of thioether (sulfide) groups is 1. The summed E-state index contributed by atoms with van der Waals surface area (Å²) in [7, 11) is 0. The van der Waals surface area contributed by atoms with Gasteiger partial charge in [-0.25, -0.2) is 4.68 Å². The molecule has 7 heteroatoms. The van der Waals surface area contributed by atoms with Gasteiger partial charge in [-0.15, -0.1) is 5.10 Å². The minimum atomic E-state index is 0.447. The summed E-state index contributed by atoms with van der Waals surface area (Å²) in [6.45, 7) is 5.88. The van der Waals surface area contributed by atoms with Crippen molar-refractivity contribution in [2.45, 2.75) is 50.4 Å². The van der Waals surface area contributed by atoms with E-state index >= 15 is 0 Å². The van der Waals surface area contributed by atoms with Gasteiger partial charge in [0.1, 0.15) is 0 Å². The fraction of sp³-hybridized carbons (Fsp3) is 0.917. The summed E-state index contributed by atoms with van der Waals surface area (Å²) in [6.07, 6.45) is 5.09. The fourth-order valence-electron chi connectivity index (χ4n) is 2.08. The second kappa shape index (κ2) is 8.50. The van der Waals surface area contributed by atoms with Crippen molar-refractivity contribution in [3.63, 3.8) is 0 Å². The second-order valence-corrected chi connectivity index (χ2v) is 5.77. The van der Waals surface area contributed by atoms with Crippen LogP contribution in [-0.2, 0) is 11.3 Å². The van der Waals surface area contributed by atoms with Crippen molar-refractivity contribution in [1.29, 1.82) is 0 Å². The predicted octanol–water partition coefficient (Wildman–Crippen LogP) is 1.33. The topological polar surface area (TPSA) is 64.9 Å². The van der Waals surface area contributed by atoms with E-state index in [0.29, 0.717) is 6.10 Å². The van der Waals surface area contributed by atoms with Crippen molar-refractivity contribution in [2.75, 3.05) is 25.4 Å². The summed E-state index contributed by atoms with van der Waals surface area (Å²) in [6, 6.07) is 0. The van der Waals surface area contributed by atoms with Gasteiger partial charge < -0.3 is 10.1 Å². The minimum absolute atomic E-state index is 0.447. The van der Waals surface area contributed by atoms with Gasteiger partial charge in [-0.1, -0.05) is 18.7 Å². The van der Waals surface area contributed by atoms with Crippen molar-refractivity contribution < 1.29 is 4.74 Å². The molecule has 0 bridgehead atoms. The van der Waals surface area contributed by atoms with Gasteiger partial charge in [0.2, 0.25) is 5.16 Å². The van der Waals surface area contributed by atoms with Crippen LogP contribution in [0.2, 0.25) is 0 Å². The van der Waals surface area contributed by atoms with E-state index in [1.807, 2.05) is 4.68 Å². The quantitative estimate of drug-likeness (QED) is 0.545. The maximum atomic E-state index is 5.61. The molecule has 1 aliphatic heterocycles. The molecule has 1 atom stereocenters. The van der Waals surface area contributed by atoms with Crippen LogP contribution >= 0.6 is 11.8 Å². The monoisotopic (exact) mass is 285 g/mol. The molecule has 0 aliphatic carbocycles. The van der Waals surface area contributed by atoms with Crippen LogP contribution in [0.4, 0.5) is 0 Å². The van der Waals surface area contributed by atoms with Crippen LogP contribution in [0.3, 0.4) is 0 Å². The summed E-state index contributed by atoms with van der Waals surface area (Å²) in [5.74, 6) is 1.02. The van der Waals surface area contributed by atoms with Gasteiger partial charge in [-0.3, -0.25) is 0 Å². The van der Waals surface area contributed by atoms with Gasteiger partial charge in [0.15, 0.2) is 0 Å². The molecule has 0 aromatic carbocycles. The van der Waals surface area contributed by atoms with Crippen LogP contribution in [0.25, 0.3) is 0 Å². The molecule has 0 amide bonds. The van der Waals surface area contributed by atoms with E-state index in [9.17, 15) is 0 Å². The Morgan fingerprint density at radius 1 is 1.47 bits per heavy atom. The maximum absolute atomic E-state index is 5.61. The molecular weight excluding hydrogens is 262 g/mol. The summed E-state index contributed by atoms with van der Waals surface area (Å²) >= 11 is 1.72. The zero-order chi connectivity index (χ0) is 13.3. The fourth-order valence-corrected chi connectivity index (χ4v) is 3.01. The molecule has 0 spiro atoms. The van der Waals surface area contributed by atoms with Gasteiger partial charge in [-0.2, -0.15) is 0 Å². The van der Waals surface area contributed by atoms with Gasteiger partial charge in [-0.05, 0) is 42.7 Å². The third-order valence-corrected chi connectivity index (χ3v) is 4.11. The van der Waals surface area contributed by atoms with E-state index in [-0.39, 0.29) is 0 Å². The second-order valence-electron chi connectivity index (χ2n) is 4.71. The van der Waals surface area contributed by atoms with Crippen molar-refractivity contribution in [2.24, 2.45) is 0 Å². The van der Waals surface area contributed by atoms with Crippen molar-refractivity contribution in [1.82, 2.24) is 25.5 Å². The number of nitrogens with one attached hydrogen (secondary N) is 1. The highest BCUT2D eigenvalue weighted by molar-refractivity contribution is 7.99. The maximum Gasteiger partial charge on any atom is 0.209 e. The number of rotatable bonds is 9. The standard InChI is InChI=1S/C12H23N5OS/c1-2-6-13-7-8-17-12(14-15-16-17)19-10-5-11-4-3-9-18-11/h11,13H,2-10H2,1H3. The first-order valence-electron chi connectivity index (χ1n) is 7.11. The Bertz CT molecular complexity index is 354. The number of ether oxygens (including phenoxy) is 1. The van der Waals surface area contributed by atoms with Crippen molar-refractivity contribution in [3.8, 4) is 0 Å². The zero-order valence-corrected chi connectivity index (χ0v) is 12.4. The average Bonchev–Trinajstić information content (AvgIpc) is 3.07. The summed E-state index contributed by atoms with van der Waals surface area (Å²) in [5, 5.41) is 16.1. The molecule has 2 heterocycles. The normalized spacial score (nSPS) is 19.1. The summed E-state index contributed by atoms with van der Waals surface area (Å²) in [5.41, 5.74) is 0. The molecule has 1 aromatic rings. The van der Waals surface area contributed by atoms with E-state index in [2.05, 4.69) is 27.8 Å². The molecular formula is C12H23N5OS. The highest BCUT2D eigenvalue weighted by Crippen LogP contribution is 2.20. The van der Waals surface area contributed by atoms with Gasteiger partial charge in [0.05, 0.1) is 12.6 Å². The highest BCUT2D eigenvalue weighted by atomic mass is 32.2. The number of nitrogens with zero attached hydrogens (tertiary/aromatic N) is 4. The summed E-state index contributed by atoms with van der Waals surface area (Å²) in [4.78, 5) is 0. The van der Waals surface area contributed by atoms with E-state index in [4.69, 9.17) is 4.74 Å². The Morgan fingerprint density at radius 3 is 3.21 bits per heavy atom. The Kier molecular flexibility index (Phi) is 6.59. The molecule has 1 fully saturated rings. The Labute approximate surface area is 118 Å². The average molecular weight is 285 g/mol. The highest BCUT2D eigenvalue weighted by Gasteiger charge is 2.15. The molecule has 1 saturated heterocycles. The molecule has 19 heavy (non-hydrogen) atoms. The lowest BCUT2D eigenvalue weighted by Gasteiger charge is -2.08. The zero-order valence-electron chi connectivity index (χ0n) is 11.5. The van der Waals surface area contributed by atoms with Crippen LogP contribution < -0.4 is 5.32 Å². The number of aromatic nitrogens is 4.